The van der Waals surface area contributed by atoms with Gasteiger partial charge in [-0.2, -0.15) is 0 Å². The lowest BCUT2D eigenvalue weighted by Gasteiger charge is -2.02. The van der Waals surface area contributed by atoms with Gasteiger partial charge in [-0.05, 0) is 24.5 Å². The average Bonchev–Trinajstić information content (AvgIpc) is 2.19. The number of rotatable bonds is 4. The third kappa shape index (κ3) is 3.85. The highest BCUT2D eigenvalue weighted by atomic mass is 14.6. The minimum Gasteiger partial charge on any atom is -0.327 e. The Bertz CT molecular complexity index is 254. The summed E-state index contributed by atoms with van der Waals surface area (Å²) in [6.45, 7) is 2.10. The highest BCUT2D eigenvalue weighted by Crippen LogP contribution is 2.01. The molecule has 1 aromatic heterocycles. The van der Waals surface area contributed by atoms with Crippen molar-refractivity contribution < 1.29 is 0 Å². The molecule has 1 atom stereocenters. The molecule has 1 unspecified atom stereocenters. The van der Waals surface area contributed by atoms with Gasteiger partial charge in [-0.1, -0.05) is 25.1 Å². The molecule has 0 aliphatic rings. The van der Waals surface area contributed by atoms with Crippen molar-refractivity contribution in [1.82, 2.24) is 4.98 Å². The molecule has 0 fully saturated rings. The van der Waals surface area contributed by atoms with E-state index in [0.29, 0.717) is 0 Å². The zero-order chi connectivity index (χ0) is 9.52. The lowest BCUT2D eigenvalue weighted by atomic mass is 10.1. The van der Waals surface area contributed by atoms with Gasteiger partial charge in [0.15, 0.2) is 0 Å². The molecule has 70 valence electrons. The molecule has 13 heavy (non-hydrogen) atoms. The number of hydrogen-bond acceptors (Lipinski definition) is 2. The molecule has 1 rings (SSSR count). The average molecular weight is 176 g/mol. The maximum atomic E-state index is 5.77. The molecular weight excluding hydrogens is 160 g/mol. The van der Waals surface area contributed by atoms with Crippen LogP contribution in [0, 0.1) is 0 Å². The van der Waals surface area contributed by atoms with Crippen molar-refractivity contribution in [3.05, 3.63) is 36.2 Å². The van der Waals surface area contributed by atoms with E-state index in [4.69, 9.17) is 5.73 Å². The highest BCUT2D eigenvalue weighted by molar-refractivity contribution is 5.47. The topological polar surface area (TPSA) is 38.9 Å². The molecule has 0 saturated carbocycles. The largest absolute Gasteiger partial charge is 0.327 e. The molecule has 2 nitrogen and oxygen atoms in total. The lowest BCUT2D eigenvalue weighted by molar-refractivity contribution is 0.660. The molecule has 0 aliphatic carbocycles. The van der Waals surface area contributed by atoms with Crippen molar-refractivity contribution in [3.8, 4) is 0 Å². The number of pyridine rings is 1. The van der Waals surface area contributed by atoms with Gasteiger partial charge in [-0.25, -0.2) is 0 Å². The van der Waals surface area contributed by atoms with Gasteiger partial charge in [0.05, 0.1) is 0 Å². The van der Waals surface area contributed by atoms with E-state index in [0.717, 1.165) is 18.4 Å². The van der Waals surface area contributed by atoms with Gasteiger partial charge in [0.2, 0.25) is 0 Å². The van der Waals surface area contributed by atoms with Crippen molar-refractivity contribution in [2.45, 2.75) is 25.8 Å². The first kappa shape index (κ1) is 9.93. The van der Waals surface area contributed by atoms with E-state index in [2.05, 4.69) is 24.1 Å². The molecule has 0 saturated heterocycles. The molecule has 1 aromatic rings. The molecule has 2 heteroatoms. The molecule has 0 bridgehead atoms. The molecule has 0 radical (unpaired) electrons. The Hall–Kier alpha value is -1.15. The van der Waals surface area contributed by atoms with Gasteiger partial charge in [-0.15, -0.1) is 0 Å². The van der Waals surface area contributed by atoms with Gasteiger partial charge < -0.3 is 5.73 Å². The predicted molar refractivity (Wildman–Crippen MR) is 56.2 cm³/mol. The number of nitrogens with zero attached hydrogens (tertiary/aromatic N) is 1. The summed E-state index contributed by atoms with van der Waals surface area (Å²) in [4.78, 5) is 4.02. The van der Waals surface area contributed by atoms with E-state index >= 15 is 0 Å². The number of hydrogen-bond donors (Lipinski definition) is 1. The standard InChI is InChI=1S/C11H16N2/c1-2-11(12)7-3-5-10-6-4-8-13-9-10/h3-6,8-9,11H,2,7,12H2,1H3. The van der Waals surface area contributed by atoms with Gasteiger partial charge in [0.25, 0.3) is 0 Å². The Morgan fingerprint density at radius 3 is 3.08 bits per heavy atom. The Balaban J connectivity index is 2.41. The molecular formula is C11H16N2. The van der Waals surface area contributed by atoms with Crippen LogP contribution in [0.15, 0.2) is 30.6 Å². The first-order valence-electron chi connectivity index (χ1n) is 4.65. The summed E-state index contributed by atoms with van der Waals surface area (Å²) in [6.07, 6.45) is 9.74. The zero-order valence-electron chi connectivity index (χ0n) is 7.98. The molecule has 2 N–H and O–H groups in total. The lowest BCUT2D eigenvalue weighted by Crippen LogP contribution is -2.16. The maximum Gasteiger partial charge on any atom is 0.0340 e. The van der Waals surface area contributed by atoms with E-state index in [1.165, 1.54) is 0 Å². The third-order valence-corrected chi connectivity index (χ3v) is 1.96. The fourth-order valence-corrected chi connectivity index (χ4v) is 1.02. The van der Waals surface area contributed by atoms with Crippen LogP contribution in [0.1, 0.15) is 25.3 Å². The monoisotopic (exact) mass is 176 g/mol. The van der Waals surface area contributed by atoms with E-state index in [1.807, 2.05) is 18.3 Å². The Morgan fingerprint density at radius 2 is 2.46 bits per heavy atom. The quantitative estimate of drug-likeness (QED) is 0.764. The third-order valence-electron chi connectivity index (χ3n) is 1.96. The van der Waals surface area contributed by atoms with Crippen LogP contribution >= 0.6 is 0 Å². The Morgan fingerprint density at radius 1 is 1.62 bits per heavy atom. The van der Waals surface area contributed by atoms with Crippen LogP contribution in [-0.2, 0) is 0 Å². The van der Waals surface area contributed by atoms with Crippen molar-refractivity contribution in [1.29, 1.82) is 0 Å². The van der Waals surface area contributed by atoms with E-state index in [1.54, 1.807) is 6.20 Å². The molecule has 0 spiro atoms. The Labute approximate surface area is 79.5 Å². The maximum absolute atomic E-state index is 5.77. The van der Waals surface area contributed by atoms with Crippen LogP contribution in [0.2, 0.25) is 0 Å². The fraction of sp³-hybridized carbons (Fsp3) is 0.364. The van der Waals surface area contributed by atoms with Crippen molar-refractivity contribution in [3.63, 3.8) is 0 Å². The summed E-state index contributed by atoms with van der Waals surface area (Å²) in [6, 6.07) is 4.24. The van der Waals surface area contributed by atoms with Gasteiger partial charge >= 0.3 is 0 Å². The fourth-order valence-electron chi connectivity index (χ4n) is 1.02. The first-order valence-corrected chi connectivity index (χ1v) is 4.65. The van der Waals surface area contributed by atoms with Crippen LogP contribution in [0.25, 0.3) is 6.08 Å². The van der Waals surface area contributed by atoms with Crippen LogP contribution in [0.5, 0.6) is 0 Å². The summed E-state index contributed by atoms with van der Waals surface area (Å²) in [5.74, 6) is 0. The molecule has 1 heterocycles. The highest BCUT2D eigenvalue weighted by Gasteiger charge is 1.93. The van der Waals surface area contributed by atoms with Crippen molar-refractivity contribution >= 4 is 6.08 Å². The van der Waals surface area contributed by atoms with Crippen molar-refractivity contribution in [2.75, 3.05) is 0 Å². The summed E-state index contributed by atoms with van der Waals surface area (Å²) < 4.78 is 0. The van der Waals surface area contributed by atoms with Crippen molar-refractivity contribution in [2.24, 2.45) is 5.73 Å². The van der Waals surface area contributed by atoms with Gasteiger partial charge in [0, 0.05) is 18.4 Å². The molecule has 0 aromatic carbocycles. The summed E-state index contributed by atoms with van der Waals surface area (Å²) >= 11 is 0. The smallest absolute Gasteiger partial charge is 0.0340 e. The second-order valence-electron chi connectivity index (χ2n) is 3.09. The van der Waals surface area contributed by atoms with Crippen LogP contribution in [0.4, 0.5) is 0 Å². The van der Waals surface area contributed by atoms with Gasteiger partial charge in [-0.3, -0.25) is 4.98 Å². The minimum atomic E-state index is 0.285. The number of nitrogens with two attached hydrogens (primary N) is 1. The van der Waals surface area contributed by atoms with Crippen LogP contribution in [-0.4, -0.2) is 11.0 Å². The second-order valence-corrected chi connectivity index (χ2v) is 3.09. The predicted octanol–water partition coefficient (Wildman–Crippen LogP) is 2.22. The Kier molecular flexibility index (Phi) is 4.19. The van der Waals surface area contributed by atoms with Crippen LogP contribution < -0.4 is 5.73 Å². The van der Waals surface area contributed by atoms with Crippen LogP contribution in [0.3, 0.4) is 0 Å². The zero-order valence-corrected chi connectivity index (χ0v) is 7.98. The molecule has 0 amide bonds. The summed E-state index contributed by atoms with van der Waals surface area (Å²) in [5, 5.41) is 0. The summed E-state index contributed by atoms with van der Waals surface area (Å²) in [5.41, 5.74) is 6.90. The van der Waals surface area contributed by atoms with E-state index < -0.39 is 0 Å². The molecule has 0 aliphatic heterocycles. The normalized spacial score (nSPS) is 13.4. The summed E-state index contributed by atoms with van der Waals surface area (Å²) in [7, 11) is 0. The first-order chi connectivity index (χ1) is 6.33. The SMILES string of the molecule is CCC(N)CC=Cc1cccnc1. The van der Waals surface area contributed by atoms with Gasteiger partial charge in [0.1, 0.15) is 0 Å². The minimum absolute atomic E-state index is 0.285. The number of aromatic nitrogens is 1. The van der Waals surface area contributed by atoms with E-state index in [9.17, 15) is 0 Å². The second kappa shape index (κ2) is 5.49. The van der Waals surface area contributed by atoms with E-state index in [-0.39, 0.29) is 6.04 Å².